The topological polar surface area (TPSA) is 69.2 Å². The molecule has 0 spiro atoms. The summed E-state index contributed by atoms with van der Waals surface area (Å²) in [4.78, 5) is 15.3. The summed E-state index contributed by atoms with van der Waals surface area (Å²) in [6.07, 6.45) is 0. The third kappa shape index (κ3) is 3.84. The number of hydrogen-bond acceptors (Lipinski definition) is 3. The number of phenolic OH excluding ortho intramolecular Hbond substituents is 1. The molecule has 1 atom stereocenters. The number of phenols is 1. The lowest BCUT2D eigenvalue weighted by atomic mass is 9.93. The molecule has 2 heterocycles. The summed E-state index contributed by atoms with van der Waals surface area (Å²) in [5.41, 5.74) is 4.90. The first-order valence-corrected chi connectivity index (χ1v) is 11.4. The number of aromatic amines is 1. The number of aromatic nitrogens is 2. The zero-order valence-electron chi connectivity index (χ0n) is 18.7. The van der Waals surface area contributed by atoms with Gasteiger partial charge in [0.2, 0.25) is 0 Å². The summed E-state index contributed by atoms with van der Waals surface area (Å²) < 4.78 is 13.5. The van der Waals surface area contributed by atoms with Gasteiger partial charge in [0, 0.05) is 22.7 Å². The largest absolute Gasteiger partial charge is 0.507 e. The molecule has 0 aliphatic carbocycles. The number of nitrogens with one attached hydrogen (secondary N) is 1. The molecule has 4 aromatic rings. The van der Waals surface area contributed by atoms with E-state index in [1.54, 1.807) is 29.2 Å². The quantitative estimate of drug-likeness (QED) is 0.349. The lowest BCUT2D eigenvalue weighted by Gasteiger charge is -2.27. The first kappa shape index (κ1) is 22.2. The molecule has 0 radical (unpaired) electrons. The molecule has 0 bridgehead atoms. The van der Waals surface area contributed by atoms with Crippen molar-refractivity contribution in [2.45, 2.75) is 32.4 Å². The van der Waals surface area contributed by atoms with Crippen molar-refractivity contribution in [2.75, 3.05) is 0 Å². The molecule has 1 unspecified atom stereocenters. The van der Waals surface area contributed by atoms with Crippen LogP contribution in [-0.2, 0) is 6.54 Å². The van der Waals surface area contributed by atoms with E-state index in [2.05, 4.69) is 36.2 Å². The Labute approximate surface area is 201 Å². The highest BCUT2D eigenvalue weighted by molar-refractivity contribution is 6.31. The SMILES string of the molecule is CC(C)c1ccc(C2c3c(-c4cc(Cl)ccc4O)n[nH]c3C(=O)N2Cc2ccc(F)cc2)cc1. The van der Waals surface area contributed by atoms with Crippen LogP contribution in [0.5, 0.6) is 5.75 Å². The Morgan fingerprint density at radius 2 is 1.79 bits per heavy atom. The molecule has 0 fully saturated rings. The molecule has 7 heteroatoms. The highest BCUT2D eigenvalue weighted by Gasteiger charge is 2.42. The van der Waals surface area contributed by atoms with Crippen LogP contribution in [0.15, 0.2) is 66.7 Å². The normalized spacial score (nSPS) is 15.3. The molecule has 2 N–H and O–H groups in total. The van der Waals surface area contributed by atoms with Crippen molar-refractivity contribution in [2.24, 2.45) is 0 Å². The standard InChI is InChI=1S/C27H23ClFN3O2/c1-15(2)17-5-7-18(8-6-17)26-23-24(21-13-19(28)9-12-22(21)33)30-31-25(23)27(34)32(26)14-16-3-10-20(29)11-4-16/h3-13,15,26,33H,14H2,1-2H3,(H,30,31). The van der Waals surface area contributed by atoms with Crippen LogP contribution < -0.4 is 0 Å². The molecular formula is C27H23ClFN3O2. The predicted octanol–water partition coefficient (Wildman–Crippen LogP) is 6.44. The molecule has 172 valence electrons. The van der Waals surface area contributed by atoms with Gasteiger partial charge in [-0.15, -0.1) is 0 Å². The lowest BCUT2D eigenvalue weighted by Crippen LogP contribution is -2.29. The van der Waals surface area contributed by atoms with Gasteiger partial charge >= 0.3 is 0 Å². The summed E-state index contributed by atoms with van der Waals surface area (Å²) in [7, 11) is 0. The number of hydrogen-bond donors (Lipinski definition) is 2. The fraction of sp³-hybridized carbons (Fsp3) is 0.185. The Morgan fingerprint density at radius 1 is 1.09 bits per heavy atom. The third-order valence-corrected chi connectivity index (χ3v) is 6.50. The fourth-order valence-corrected chi connectivity index (χ4v) is 4.63. The van der Waals surface area contributed by atoms with Gasteiger partial charge in [0.15, 0.2) is 0 Å². The number of fused-ring (bicyclic) bond motifs is 1. The molecule has 3 aromatic carbocycles. The van der Waals surface area contributed by atoms with Crippen molar-refractivity contribution in [1.29, 1.82) is 0 Å². The number of carbonyl (C=O) groups excluding carboxylic acids is 1. The second-order valence-electron chi connectivity index (χ2n) is 8.81. The minimum atomic E-state index is -0.444. The van der Waals surface area contributed by atoms with Crippen LogP contribution in [0.2, 0.25) is 5.02 Å². The fourth-order valence-electron chi connectivity index (χ4n) is 4.46. The Balaban J connectivity index is 1.65. The van der Waals surface area contributed by atoms with Gasteiger partial charge in [-0.1, -0.05) is 61.8 Å². The number of carbonyl (C=O) groups is 1. The molecule has 0 saturated carbocycles. The zero-order valence-corrected chi connectivity index (χ0v) is 19.5. The van der Waals surface area contributed by atoms with E-state index in [4.69, 9.17) is 11.6 Å². The van der Waals surface area contributed by atoms with Crippen molar-refractivity contribution >= 4 is 17.5 Å². The number of aromatic hydroxyl groups is 1. The molecule has 5 nitrogen and oxygen atoms in total. The number of nitrogens with zero attached hydrogens (tertiary/aromatic N) is 2. The van der Waals surface area contributed by atoms with Crippen LogP contribution in [0.3, 0.4) is 0 Å². The van der Waals surface area contributed by atoms with E-state index >= 15 is 0 Å². The maximum absolute atomic E-state index is 13.5. The number of amides is 1. The lowest BCUT2D eigenvalue weighted by molar-refractivity contribution is 0.0730. The van der Waals surface area contributed by atoms with Gasteiger partial charge in [0.05, 0.1) is 6.04 Å². The second kappa shape index (κ2) is 8.61. The van der Waals surface area contributed by atoms with Gasteiger partial charge in [-0.05, 0) is 52.9 Å². The van der Waals surface area contributed by atoms with Gasteiger partial charge in [-0.3, -0.25) is 9.89 Å². The van der Waals surface area contributed by atoms with Crippen LogP contribution in [0.25, 0.3) is 11.3 Å². The van der Waals surface area contributed by atoms with Gasteiger partial charge < -0.3 is 10.0 Å². The Morgan fingerprint density at radius 3 is 2.47 bits per heavy atom. The Kier molecular flexibility index (Phi) is 5.62. The maximum atomic E-state index is 13.5. The molecule has 1 amide bonds. The van der Waals surface area contributed by atoms with Crippen molar-refractivity contribution in [3.63, 3.8) is 0 Å². The molecule has 1 aliphatic heterocycles. The van der Waals surface area contributed by atoms with Crippen LogP contribution in [0.4, 0.5) is 4.39 Å². The molecule has 1 aromatic heterocycles. The number of H-pyrrole nitrogens is 1. The molecular weight excluding hydrogens is 453 g/mol. The highest BCUT2D eigenvalue weighted by atomic mass is 35.5. The smallest absolute Gasteiger partial charge is 0.273 e. The summed E-state index contributed by atoms with van der Waals surface area (Å²) in [6.45, 7) is 4.55. The molecule has 5 rings (SSSR count). The van der Waals surface area contributed by atoms with Gasteiger partial charge in [-0.25, -0.2) is 4.39 Å². The highest BCUT2D eigenvalue weighted by Crippen LogP contribution is 2.45. The van der Waals surface area contributed by atoms with E-state index in [1.165, 1.54) is 23.8 Å². The van der Waals surface area contributed by atoms with Gasteiger partial charge in [0.1, 0.15) is 23.0 Å². The first-order valence-electron chi connectivity index (χ1n) is 11.1. The van der Waals surface area contributed by atoms with E-state index in [9.17, 15) is 14.3 Å². The van der Waals surface area contributed by atoms with Crippen molar-refractivity contribution in [3.05, 3.63) is 106 Å². The van der Waals surface area contributed by atoms with Crippen molar-refractivity contribution in [3.8, 4) is 17.0 Å². The van der Waals surface area contributed by atoms with Gasteiger partial charge in [0.25, 0.3) is 5.91 Å². The average molecular weight is 476 g/mol. The number of rotatable bonds is 5. The third-order valence-electron chi connectivity index (χ3n) is 6.26. The Bertz CT molecular complexity index is 1360. The van der Waals surface area contributed by atoms with Gasteiger partial charge in [-0.2, -0.15) is 5.10 Å². The minimum Gasteiger partial charge on any atom is -0.507 e. The van der Waals surface area contributed by atoms with Crippen molar-refractivity contribution < 1.29 is 14.3 Å². The number of halogens is 2. The first-order chi connectivity index (χ1) is 16.3. The predicted molar refractivity (Wildman–Crippen MR) is 129 cm³/mol. The molecule has 34 heavy (non-hydrogen) atoms. The van der Waals surface area contributed by atoms with E-state index in [0.717, 1.165) is 11.1 Å². The van der Waals surface area contributed by atoms with E-state index in [1.807, 2.05) is 12.1 Å². The van der Waals surface area contributed by atoms with Crippen molar-refractivity contribution in [1.82, 2.24) is 15.1 Å². The molecule has 0 saturated heterocycles. The summed E-state index contributed by atoms with van der Waals surface area (Å²) in [5.74, 6) is -0.141. The van der Waals surface area contributed by atoms with Crippen LogP contribution >= 0.6 is 11.6 Å². The summed E-state index contributed by atoms with van der Waals surface area (Å²) in [6, 6.07) is 18.6. The molecule has 1 aliphatic rings. The summed E-state index contributed by atoms with van der Waals surface area (Å²) >= 11 is 6.21. The minimum absolute atomic E-state index is 0.0250. The Hall–Kier alpha value is -3.64. The van der Waals surface area contributed by atoms with E-state index < -0.39 is 6.04 Å². The summed E-state index contributed by atoms with van der Waals surface area (Å²) in [5, 5.41) is 18.3. The number of benzene rings is 3. The van der Waals surface area contributed by atoms with Crippen LogP contribution in [0.1, 0.15) is 58.5 Å². The average Bonchev–Trinajstić information content (AvgIpc) is 3.36. The van der Waals surface area contributed by atoms with E-state index in [-0.39, 0.29) is 17.5 Å². The second-order valence-corrected chi connectivity index (χ2v) is 9.24. The van der Waals surface area contributed by atoms with Crippen LogP contribution in [-0.4, -0.2) is 26.1 Å². The maximum Gasteiger partial charge on any atom is 0.273 e. The van der Waals surface area contributed by atoms with Crippen LogP contribution in [0, 0.1) is 5.82 Å². The zero-order chi connectivity index (χ0) is 24.0. The monoisotopic (exact) mass is 475 g/mol. The van der Waals surface area contributed by atoms with E-state index in [0.29, 0.717) is 40.0 Å².